The van der Waals surface area contributed by atoms with Crippen molar-refractivity contribution in [2.45, 2.75) is 26.7 Å². The Bertz CT molecular complexity index is 396. The van der Waals surface area contributed by atoms with Crippen LogP contribution in [0.4, 0.5) is 0 Å². The number of aryl methyl sites for hydroxylation is 2. The molecule has 1 aliphatic heterocycles. The van der Waals surface area contributed by atoms with Gasteiger partial charge in [0.2, 0.25) is 0 Å². The molecule has 1 aromatic heterocycles. The normalized spacial score (nSPS) is 19.9. The molecule has 94 valence electrons. The van der Waals surface area contributed by atoms with Crippen molar-refractivity contribution in [2.24, 2.45) is 5.92 Å². The Balaban J connectivity index is 2.02. The van der Waals surface area contributed by atoms with Gasteiger partial charge in [-0.3, -0.25) is 4.79 Å². The van der Waals surface area contributed by atoms with Gasteiger partial charge >= 0.3 is 0 Å². The van der Waals surface area contributed by atoms with E-state index in [9.17, 15) is 4.79 Å². The summed E-state index contributed by atoms with van der Waals surface area (Å²) in [4.78, 5) is 16.5. The number of thiophene rings is 1. The van der Waals surface area contributed by atoms with Crippen LogP contribution in [-0.4, -0.2) is 29.2 Å². The van der Waals surface area contributed by atoms with Crippen molar-refractivity contribution in [2.75, 3.05) is 18.4 Å². The summed E-state index contributed by atoms with van der Waals surface area (Å²) in [5.41, 5.74) is 1.23. The lowest BCUT2D eigenvalue weighted by Gasteiger charge is -2.15. The van der Waals surface area contributed by atoms with Gasteiger partial charge in [0, 0.05) is 23.3 Å². The van der Waals surface area contributed by atoms with Gasteiger partial charge in [0.15, 0.2) is 0 Å². The molecule has 1 amide bonds. The lowest BCUT2D eigenvalue weighted by atomic mass is 10.1. The SMILES string of the molecule is Cc1cc(C(=O)N2CCC(CCBr)C2)sc1C. The Kier molecular flexibility index (Phi) is 4.26. The van der Waals surface area contributed by atoms with Crippen LogP contribution in [0.2, 0.25) is 0 Å². The zero-order valence-corrected chi connectivity index (χ0v) is 12.7. The standard InChI is InChI=1S/C13H18BrNOS/c1-9-7-12(17-10(9)2)13(16)15-6-4-11(8-15)3-5-14/h7,11H,3-6,8H2,1-2H3. The number of hydrogen-bond acceptors (Lipinski definition) is 2. The van der Waals surface area contributed by atoms with Crippen LogP contribution in [-0.2, 0) is 0 Å². The molecule has 0 aliphatic carbocycles. The van der Waals surface area contributed by atoms with Crippen LogP contribution in [0.15, 0.2) is 6.07 Å². The molecule has 2 nitrogen and oxygen atoms in total. The highest BCUT2D eigenvalue weighted by Gasteiger charge is 2.27. The molecule has 1 fully saturated rings. The minimum Gasteiger partial charge on any atom is -0.338 e. The first-order valence-electron chi connectivity index (χ1n) is 6.04. The Morgan fingerprint density at radius 2 is 2.35 bits per heavy atom. The largest absolute Gasteiger partial charge is 0.338 e. The predicted octanol–water partition coefficient (Wildman–Crippen LogP) is 3.61. The van der Waals surface area contributed by atoms with Crippen LogP contribution < -0.4 is 0 Å². The second kappa shape index (κ2) is 5.53. The Morgan fingerprint density at radius 3 is 2.94 bits per heavy atom. The van der Waals surface area contributed by atoms with Crippen LogP contribution in [0.3, 0.4) is 0 Å². The molecule has 0 aromatic carbocycles. The highest BCUT2D eigenvalue weighted by Crippen LogP contribution is 2.26. The van der Waals surface area contributed by atoms with Gasteiger partial charge in [0.05, 0.1) is 4.88 Å². The summed E-state index contributed by atoms with van der Waals surface area (Å²) in [7, 11) is 0. The number of rotatable bonds is 3. The lowest BCUT2D eigenvalue weighted by Crippen LogP contribution is -2.28. The highest BCUT2D eigenvalue weighted by atomic mass is 79.9. The number of nitrogens with zero attached hydrogens (tertiary/aromatic N) is 1. The zero-order chi connectivity index (χ0) is 12.4. The number of amides is 1. The molecule has 1 unspecified atom stereocenters. The van der Waals surface area contributed by atoms with Crippen LogP contribution in [0, 0.1) is 19.8 Å². The molecule has 0 saturated carbocycles. The van der Waals surface area contributed by atoms with Crippen molar-refractivity contribution in [1.29, 1.82) is 0 Å². The van der Waals surface area contributed by atoms with Crippen LogP contribution in [0.5, 0.6) is 0 Å². The highest BCUT2D eigenvalue weighted by molar-refractivity contribution is 9.09. The third kappa shape index (κ3) is 2.91. The molecule has 0 radical (unpaired) electrons. The Morgan fingerprint density at radius 1 is 1.59 bits per heavy atom. The van der Waals surface area contributed by atoms with E-state index in [0.29, 0.717) is 5.92 Å². The topological polar surface area (TPSA) is 20.3 Å². The molecule has 1 atom stereocenters. The molecule has 2 heterocycles. The van der Waals surface area contributed by atoms with Crippen molar-refractivity contribution in [3.05, 3.63) is 21.4 Å². The van der Waals surface area contributed by atoms with E-state index in [1.54, 1.807) is 11.3 Å². The maximum atomic E-state index is 12.3. The molecule has 0 bridgehead atoms. The summed E-state index contributed by atoms with van der Waals surface area (Å²) < 4.78 is 0. The molecule has 4 heteroatoms. The second-order valence-electron chi connectivity index (χ2n) is 4.73. The first-order chi connectivity index (χ1) is 8.11. The van der Waals surface area contributed by atoms with E-state index in [2.05, 4.69) is 29.8 Å². The first kappa shape index (κ1) is 13.1. The third-order valence-corrected chi connectivity index (χ3v) is 5.07. The quantitative estimate of drug-likeness (QED) is 0.780. The molecule has 17 heavy (non-hydrogen) atoms. The third-order valence-electron chi connectivity index (χ3n) is 3.47. The van der Waals surface area contributed by atoms with Crippen molar-refractivity contribution < 1.29 is 4.79 Å². The number of alkyl halides is 1. The summed E-state index contributed by atoms with van der Waals surface area (Å²) in [6, 6.07) is 2.03. The molecule has 1 aliphatic rings. The van der Waals surface area contributed by atoms with E-state index in [1.807, 2.05) is 11.0 Å². The smallest absolute Gasteiger partial charge is 0.263 e. The summed E-state index contributed by atoms with van der Waals surface area (Å²) in [5, 5.41) is 1.04. The molecule has 1 aromatic rings. The average molecular weight is 316 g/mol. The minimum absolute atomic E-state index is 0.225. The van der Waals surface area contributed by atoms with Crippen LogP contribution in [0.25, 0.3) is 0 Å². The Labute approximate surface area is 115 Å². The minimum atomic E-state index is 0.225. The fraction of sp³-hybridized carbons (Fsp3) is 0.615. The van der Waals surface area contributed by atoms with Crippen molar-refractivity contribution >= 4 is 33.2 Å². The van der Waals surface area contributed by atoms with Crippen LogP contribution >= 0.6 is 27.3 Å². The number of likely N-dealkylation sites (tertiary alicyclic amines) is 1. The zero-order valence-electron chi connectivity index (χ0n) is 10.3. The second-order valence-corrected chi connectivity index (χ2v) is 6.78. The molecule has 1 saturated heterocycles. The van der Waals surface area contributed by atoms with E-state index in [0.717, 1.165) is 29.7 Å². The van der Waals surface area contributed by atoms with Crippen molar-refractivity contribution in [3.63, 3.8) is 0 Å². The molecule has 0 spiro atoms. The summed E-state index contributed by atoms with van der Waals surface area (Å²) >= 11 is 5.10. The number of hydrogen-bond donors (Lipinski definition) is 0. The summed E-state index contributed by atoms with van der Waals surface area (Å²) in [5.74, 6) is 0.906. The van der Waals surface area contributed by atoms with E-state index in [1.165, 1.54) is 16.9 Å². The predicted molar refractivity (Wildman–Crippen MR) is 76.2 cm³/mol. The van der Waals surface area contributed by atoms with Gasteiger partial charge in [-0.15, -0.1) is 11.3 Å². The van der Waals surface area contributed by atoms with Gasteiger partial charge in [0.1, 0.15) is 0 Å². The maximum absolute atomic E-state index is 12.3. The molecule has 0 N–H and O–H groups in total. The van der Waals surface area contributed by atoms with Crippen molar-refractivity contribution in [3.8, 4) is 0 Å². The van der Waals surface area contributed by atoms with E-state index in [-0.39, 0.29) is 5.91 Å². The summed E-state index contributed by atoms with van der Waals surface area (Å²) in [6.45, 7) is 6.00. The fourth-order valence-electron chi connectivity index (χ4n) is 2.24. The van der Waals surface area contributed by atoms with E-state index >= 15 is 0 Å². The Hall–Kier alpha value is -0.350. The average Bonchev–Trinajstić information content (AvgIpc) is 2.87. The van der Waals surface area contributed by atoms with Gasteiger partial charge in [-0.05, 0) is 44.2 Å². The van der Waals surface area contributed by atoms with Crippen LogP contribution in [0.1, 0.15) is 33.0 Å². The summed E-state index contributed by atoms with van der Waals surface area (Å²) in [6.07, 6.45) is 2.33. The van der Waals surface area contributed by atoms with Gasteiger partial charge in [0.25, 0.3) is 5.91 Å². The van der Waals surface area contributed by atoms with E-state index < -0.39 is 0 Å². The number of carbonyl (C=O) groups excluding carboxylic acids is 1. The maximum Gasteiger partial charge on any atom is 0.263 e. The number of carbonyl (C=O) groups is 1. The van der Waals surface area contributed by atoms with E-state index in [4.69, 9.17) is 0 Å². The monoisotopic (exact) mass is 315 g/mol. The molecular formula is C13H18BrNOS. The van der Waals surface area contributed by atoms with Crippen molar-refractivity contribution in [1.82, 2.24) is 4.90 Å². The number of halogens is 1. The lowest BCUT2D eigenvalue weighted by molar-refractivity contribution is 0.0791. The van der Waals surface area contributed by atoms with Gasteiger partial charge in [-0.2, -0.15) is 0 Å². The van der Waals surface area contributed by atoms with Gasteiger partial charge < -0.3 is 4.90 Å². The first-order valence-corrected chi connectivity index (χ1v) is 7.98. The molecule has 2 rings (SSSR count). The molecular weight excluding hydrogens is 298 g/mol. The fourth-order valence-corrected chi connectivity index (χ4v) is 3.89. The van der Waals surface area contributed by atoms with Gasteiger partial charge in [-0.1, -0.05) is 15.9 Å². The van der Waals surface area contributed by atoms with Gasteiger partial charge in [-0.25, -0.2) is 0 Å².